The van der Waals surface area contributed by atoms with Crippen molar-refractivity contribution in [2.24, 2.45) is 0 Å². The Morgan fingerprint density at radius 3 is 2.67 bits per heavy atom. The molecule has 0 saturated heterocycles. The second kappa shape index (κ2) is 4.23. The average Bonchev–Trinajstić information content (AvgIpc) is 2.78. The zero-order valence-electron chi connectivity index (χ0n) is 8.77. The number of hydrogen-bond acceptors (Lipinski definition) is 4. The second-order valence-corrected chi connectivity index (χ2v) is 3.34. The van der Waals surface area contributed by atoms with Crippen molar-refractivity contribution in [2.75, 3.05) is 7.05 Å². The Balaban J connectivity index is 2.28. The molecular weight excluding hydrogens is 190 g/mol. The highest BCUT2D eigenvalue weighted by Crippen LogP contribution is 2.23. The van der Waals surface area contributed by atoms with E-state index in [9.17, 15) is 0 Å². The van der Waals surface area contributed by atoms with Crippen LogP contribution in [-0.2, 0) is 0 Å². The summed E-state index contributed by atoms with van der Waals surface area (Å²) in [6.07, 6.45) is 4.98. The van der Waals surface area contributed by atoms with E-state index in [0.29, 0.717) is 0 Å². The summed E-state index contributed by atoms with van der Waals surface area (Å²) in [5.41, 5.74) is 0.895. The Kier molecular flexibility index (Phi) is 2.78. The summed E-state index contributed by atoms with van der Waals surface area (Å²) in [5.74, 6) is 1.71. The molecule has 0 aliphatic heterocycles. The smallest absolute Gasteiger partial charge is 0.137 e. The average molecular weight is 203 g/mol. The van der Waals surface area contributed by atoms with Crippen molar-refractivity contribution in [3.8, 4) is 11.3 Å². The number of nitrogens with one attached hydrogen (secondary N) is 1. The predicted octanol–water partition coefficient (Wildman–Crippen LogP) is 2.02. The van der Waals surface area contributed by atoms with Crippen molar-refractivity contribution in [3.05, 3.63) is 36.6 Å². The van der Waals surface area contributed by atoms with E-state index in [-0.39, 0.29) is 6.04 Å². The van der Waals surface area contributed by atoms with Gasteiger partial charge in [-0.25, -0.2) is 9.97 Å². The number of rotatable bonds is 3. The molecule has 0 amide bonds. The molecule has 2 aromatic heterocycles. The minimum atomic E-state index is 0.211. The van der Waals surface area contributed by atoms with E-state index in [1.165, 1.54) is 6.33 Å². The Bertz CT molecular complexity index is 424. The molecule has 1 atom stereocenters. The zero-order chi connectivity index (χ0) is 10.7. The molecular formula is C11H13N3O. The van der Waals surface area contributed by atoms with Crippen molar-refractivity contribution in [1.29, 1.82) is 0 Å². The van der Waals surface area contributed by atoms with Crippen LogP contribution in [-0.4, -0.2) is 17.0 Å². The highest BCUT2D eigenvalue weighted by atomic mass is 16.3. The van der Waals surface area contributed by atoms with Crippen molar-refractivity contribution in [1.82, 2.24) is 15.3 Å². The van der Waals surface area contributed by atoms with E-state index in [0.717, 1.165) is 17.1 Å². The SMILES string of the molecule is CNC(C)c1ccc(-c2cncnc2)o1. The highest BCUT2D eigenvalue weighted by Gasteiger charge is 2.09. The first-order chi connectivity index (χ1) is 7.31. The molecule has 4 heteroatoms. The van der Waals surface area contributed by atoms with Crippen LogP contribution in [0.3, 0.4) is 0 Å². The van der Waals surface area contributed by atoms with E-state index in [1.807, 2.05) is 26.1 Å². The molecule has 15 heavy (non-hydrogen) atoms. The third-order valence-electron chi connectivity index (χ3n) is 2.33. The number of hydrogen-bond donors (Lipinski definition) is 1. The maximum atomic E-state index is 5.68. The van der Waals surface area contributed by atoms with E-state index < -0.39 is 0 Å². The van der Waals surface area contributed by atoms with Crippen LogP contribution in [0.15, 0.2) is 35.3 Å². The Hall–Kier alpha value is -1.68. The van der Waals surface area contributed by atoms with Crippen LogP contribution in [0.1, 0.15) is 18.7 Å². The molecule has 78 valence electrons. The fourth-order valence-electron chi connectivity index (χ4n) is 1.31. The van der Waals surface area contributed by atoms with Gasteiger partial charge in [0.2, 0.25) is 0 Å². The molecule has 0 aliphatic carbocycles. The van der Waals surface area contributed by atoms with Crippen LogP contribution in [0.4, 0.5) is 0 Å². The third-order valence-corrected chi connectivity index (χ3v) is 2.33. The van der Waals surface area contributed by atoms with Crippen LogP contribution >= 0.6 is 0 Å². The van der Waals surface area contributed by atoms with E-state index in [2.05, 4.69) is 15.3 Å². The summed E-state index contributed by atoms with van der Waals surface area (Å²) in [6.45, 7) is 2.05. The van der Waals surface area contributed by atoms with Gasteiger partial charge in [-0.05, 0) is 26.1 Å². The Labute approximate surface area is 88.4 Å². The van der Waals surface area contributed by atoms with Crippen LogP contribution < -0.4 is 5.32 Å². The monoisotopic (exact) mass is 203 g/mol. The molecule has 0 fully saturated rings. The fourth-order valence-corrected chi connectivity index (χ4v) is 1.31. The topological polar surface area (TPSA) is 51.0 Å². The molecule has 0 saturated carbocycles. The first-order valence-corrected chi connectivity index (χ1v) is 4.83. The van der Waals surface area contributed by atoms with Gasteiger partial charge in [0, 0.05) is 12.4 Å². The van der Waals surface area contributed by atoms with Gasteiger partial charge in [0.05, 0.1) is 11.6 Å². The zero-order valence-corrected chi connectivity index (χ0v) is 8.77. The standard InChI is InChI=1S/C11H13N3O/c1-8(12-2)10-3-4-11(15-10)9-5-13-7-14-6-9/h3-8,12H,1-2H3. The van der Waals surface area contributed by atoms with Crippen LogP contribution in [0.25, 0.3) is 11.3 Å². The Morgan fingerprint density at radius 2 is 2.00 bits per heavy atom. The molecule has 0 radical (unpaired) electrons. The molecule has 2 heterocycles. The van der Waals surface area contributed by atoms with Crippen LogP contribution in [0, 0.1) is 0 Å². The fraction of sp³-hybridized carbons (Fsp3) is 0.273. The summed E-state index contributed by atoms with van der Waals surface area (Å²) >= 11 is 0. The first-order valence-electron chi connectivity index (χ1n) is 4.83. The van der Waals surface area contributed by atoms with Crippen LogP contribution in [0.5, 0.6) is 0 Å². The van der Waals surface area contributed by atoms with Gasteiger partial charge in [-0.2, -0.15) is 0 Å². The number of aromatic nitrogens is 2. The number of nitrogens with zero attached hydrogens (tertiary/aromatic N) is 2. The first kappa shape index (κ1) is 9.86. The Morgan fingerprint density at radius 1 is 1.27 bits per heavy atom. The molecule has 0 bridgehead atoms. The van der Waals surface area contributed by atoms with Crippen molar-refractivity contribution < 1.29 is 4.42 Å². The van der Waals surface area contributed by atoms with Gasteiger partial charge >= 0.3 is 0 Å². The molecule has 2 aromatic rings. The molecule has 0 aromatic carbocycles. The molecule has 2 rings (SSSR count). The molecule has 1 unspecified atom stereocenters. The van der Waals surface area contributed by atoms with E-state index >= 15 is 0 Å². The van der Waals surface area contributed by atoms with Gasteiger partial charge in [-0.3, -0.25) is 0 Å². The maximum Gasteiger partial charge on any atom is 0.137 e. The minimum absolute atomic E-state index is 0.211. The molecule has 4 nitrogen and oxygen atoms in total. The molecule has 0 spiro atoms. The van der Waals surface area contributed by atoms with Gasteiger partial charge < -0.3 is 9.73 Å². The van der Waals surface area contributed by atoms with E-state index in [4.69, 9.17) is 4.42 Å². The normalized spacial score (nSPS) is 12.7. The molecule has 1 N–H and O–H groups in total. The lowest BCUT2D eigenvalue weighted by molar-refractivity contribution is 0.458. The van der Waals surface area contributed by atoms with Crippen molar-refractivity contribution >= 4 is 0 Å². The van der Waals surface area contributed by atoms with E-state index in [1.54, 1.807) is 12.4 Å². The minimum Gasteiger partial charge on any atom is -0.459 e. The van der Waals surface area contributed by atoms with Gasteiger partial charge in [0.1, 0.15) is 17.8 Å². The second-order valence-electron chi connectivity index (χ2n) is 3.34. The van der Waals surface area contributed by atoms with Gasteiger partial charge in [-0.1, -0.05) is 0 Å². The third kappa shape index (κ3) is 2.05. The maximum absolute atomic E-state index is 5.68. The quantitative estimate of drug-likeness (QED) is 0.829. The van der Waals surface area contributed by atoms with Gasteiger partial charge in [0.15, 0.2) is 0 Å². The largest absolute Gasteiger partial charge is 0.459 e. The van der Waals surface area contributed by atoms with Crippen molar-refractivity contribution in [2.45, 2.75) is 13.0 Å². The number of furan rings is 1. The predicted molar refractivity (Wildman–Crippen MR) is 57.2 cm³/mol. The summed E-state index contributed by atoms with van der Waals surface area (Å²) in [4.78, 5) is 7.90. The summed E-state index contributed by atoms with van der Waals surface area (Å²) in [6, 6.07) is 4.11. The summed E-state index contributed by atoms with van der Waals surface area (Å²) in [5, 5.41) is 3.12. The lowest BCUT2D eigenvalue weighted by Crippen LogP contribution is -2.10. The highest BCUT2D eigenvalue weighted by molar-refractivity contribution is 5.54. The van der Waals surface area contributed by atoms with Gasteiger partial charge in [0.25, 0.3) is 0 Å². The van der Waals surface area contributed by atoms with Crippen LogP contribution in [0.2, 0.25) is 0 Å². The van der Waals surface area contributed by atoms with Gasteiger partial charge in [-0.15, -0.1) is 0 Å². The lowest BCUT2D eigenvalue weighted by Gasteiger charge is -2.05. The summed E-state index contributed by atoms with van der Waals surface area (Å²) in [7, 11) is 1.90. The lowest BCUT2D eigenvalue weighted by atomic mass is 10.2. The van der Waals surface area contributed by atoms with Crippen molar-refractivity contribution in [3.63, 3.8) is 0 Å². The summed E-state index contributed by atoms with van der Waals surface area (Å²) < 4.78 is 5.68. The molecule has 0 aliphatic rings.